The predicted molar refractivity (Wildman–Crippen MR) is 105 cm³/mol. The van der Waals surface area contributed by atoms with Crippen molar-refractivity contribution in [3.05, 3.63) is 70.2 Å². The van der Waals surface area contributed by atoms with Crippen molar-refractivity contribution < 1.29 is 13.2 Å². The highest BCUT2D eigenvalue weighted by molar-refractivity contribution is 9.10. The molecule has 0 aliphatic rings. The first-order chi connectivity index (χ1) is 11.7. The molecule has 0 aromatic heterocycles. The minimum absolute atomic E-state index is 0.225. The van der Waals surface area contributed by atoms with Gasteiger partial charge in [0.05, 0.1) is 12.3 Å². The van der Waals surface area contributed by atoms with E-state index in [2.05, 4.69) is 26.0 Å². The zero-order valence-corrected chi connectivity index (χ0v) is 16.3. The molecule has 0 aliphatic carbocycles. The molecule has 0 radical (unpaired) electrons. The molecule has 0 saturated heterocycles. The number of benzene rings is 2. The molecule has 0 aliphatic heterocycles. The number of carbonyl (C=O) groups excluding carboxylic acids is 1. The molecule has 2 aromatic rings. The summed E-state index contributed by atoms with van der Waals surface area (Å²) in [7, 11) is -3.34. The highest BCUT2D eigenvalue weighted by atomic mass is 79.9. The van der Waals surface area contributed by atoms with Crippen molar-refractivity contribution in [2.75, 3.05) is 11.0 Å². The molecule has 0 heterocycles. The fourth-order valence-electron chi connectivity index (χ4n) is 2.18. The van der Waals surface area contributed by atoms with Crippen LogP contribution >= 0.6 is 15.9 Å². The molecule has 0 bridgehead atoms. The summed E-state index contributed by atoms with van der Waals surface area (Å²) in [5.74, 6) is -0.225. The molecule has 5 nitrogen and oxygen atoms in total. The van der Waals surface area contributed by atoms with Crippen molar-refractivity contribution in [1.29, 1.82) is 0 Å². The summed E-state index contributed by atoms with van der Waals surface area (Å²) in [6.45, 7) is 1.84. The van der Waals surface area contributed by atoms with Gasteiger partial charge in [-0.1, -0.05) is 40.2 Å². The Morgan fingerprint density at radius 2 is 1.84 bits per heavy atom. The van der Waals surface area contributed by atoms with E-state index in [0.29, 0.717) is 5.69 Å². The summed E-state index contributed by atoms with van der Waals surface area (Å²) >= 11 is 3.36. The maximum atomic E-state index is 12.1. The smallest absolute Gasteiger partial charge is 0.244 e. The monoisotopic (exact) mass is 422 g/mol. The molecule has 0 unspecified atom stereocenters. The highest BCUT2D eigenvalue weighted by Gasteiger charge is 2.09. The van der Waals surface area contributed by atoms with Gasteiger partial charge in [-0.3, -0.25) is 9.52 Å². The standard InChI is InChI=1S/C18H19BrN2O3S/c1-13(15-4-3-5-17(12-15)21-25(2,23)24)20-18(22)11-8-14-6-9-16(19)10-7-14/h3-13,21H,1-2H3,(H,20,22)/b11-8+/t13-/m1/s1. The lowest BCUT2D eigenvalue weighted by Crippen LogP contribution is -2.24. The number of halogens is 1. The molecule has 0 spiro atoms. The van der Waals surface area contributed by atoms with Crippen LogP contribution in [0.1, 0.15) is 24.1 Å². The average molecular weight is 423 g/mol. The van der Waals surface area contributed by atoms with Gasteiger partial charge < -0.3 is 5.32 Å². The second-order valence-electron chi connectivity index (χ2n) is 5.61. The Kier molecular flexibility index (Phi) is 6.39. The molecule has 2 N–H and O–H groups in total. The van der Waals surface area contributed by atoms with Gasteiger partial charge in [-0.2, -0.15) is 0 Å². The van der Waals surface area contributed by atoms with E-state index >= 15 is 0 Å². The lowest BCUT2D eigenvalue weighted by molar-refractivity contribution is -0.117. The van der Waals surface area contributed by atoms with Gasteiger partial charge >= 0.3 is 0 Å². The van der Waals surface area contributed by atoms with Crippen molar-refractivity contribution in [3.8, 4) is 0 Å². The molecule has 2 rings (SSSR count). The highest BCUT2D eigenvalue weighted by Crippen LogP contribution is 2.18. The van der Waals surface area contributed by atoms with Gasteiger partial charge in [-0.25, -0.2) is 8.42 Å². The lowest BCUT2D eigenvalue weighted by Gasteiger charge is -2.14. The molecule has 132 valence electrons. The van der Waals surface area contributed by atoms with E-state index in [0.717, 1.165) is 21.9 Å². The van der Waals surface area contributed by atoms with Crippen LogP contribution in [0.5, 0.6) is 0 Å². The Bertz CT molecular complexity index is 877. The lowest BCUT2D eigenvalue weighted by atomic mass is 10.1. The number of rotatable bonds is 6. The molecule has 7 heteroatoms. The second-order valence-corrected chi connectivity index (χ2v) is 8.28. The predicted octanol–water partition coefficient (Wildman–Crippen LogP) is 3.71. The van der Waals surface area contributed by atoms with Gasteiger partial charge in [0.15, 0.2) is 0 Å². The van der Waals surface area contributed by atoms with Gasteiger partial charge in [-0.15, -0.1) is 0 Å². The summed E-state index contributed by atoms with van der Waals surface area (Å²) < 4.78 is 26.0. The third kappa shape index (κ3) is 6.72. The minimum atomic E-state index is -3.34. The molecule has 25 heavy (non-hydrogen) atoms. The van der Waals surface area contributed by atoms with E-state index in [9.17, 15) is 13.2 Å². The largest absolute Gasteiger partial charge is 0.346 e. The SMILES string of the molecule is C[C@@H](NC(=O)/C=C/c1ccc(Br)cc1)c1cccc(NS(C)(=O)=O)c1. The van der Waals surface area contributed by atoms with Crippen LogP contribution in [0.2, 0.25) is 0 Å². The quantitative estimate of drug-likeness (QED) is 0.696. The molecule has 1 atom stereocenters. The van der Waals surface area contributed by atoms with Crippen molar-refractivity contribution in [2.45, 2.75) is 13.0 Å². The van der Waals surface area contributed by atoms with Gasteiger partial charge in [0.1, 0.15) is 0 Å². The van der Waals surface area contributed by atoms with Crippen LogP contribution in [0.15, 0.2) is 59.1 Å². The molecule has 0 saturated carbocycles. The zero-order valence-electron chi connectivity index (χ0n) is 13.9. The molecule has 1 amide bonds. The van der Waals surface area contributed by atoms with Crippen molar-refractivity contribution in [2.24, 2.45) is 0 Å². The average Bonchev–Trinajstić information content (AvgIpc) is 2.53. The fraction of sp³-hybridized carbons (Fsp3) is 0.167. The third-order valence-electron chi connectivity index (χ3n) is 3.35. The number of carbonyl (C=O) groups is 1. The van der Waals surface area contributed by atoms with E-state index in [4.69, 9.17) is 0 Å². The van der Waals surface area contributed by atoms with Crippen LogP contribution < -0.4 is 10.0 Å². The van der Waals surface area contributed by atoms with Crippen LogP contribution in [-0.4, -0.2) is 20.6 Å². The topological polar surface area (TPSA) is 75.3 Å². The Labute approximate surface area is 156 Å². The van der Waals surface area contributed by atoms with Crippen LogP contribution in [0.3, 0.4) is 0 Å². The normalized spacial score (nSPS) is 12.8. The minimum Gasteiger partial charge on any atom is -0.346 e. The van der Waals surface area contributed by atoms with E-state index in [1.165, 1.54) is 6.08 Å². The number of anilines is 1. The summed E-state index contributed by atoms with van der Waals surface area (Å²) in [6, 6.07) is 14.3. The summed E-state index contributed by atoms with van der Waals surface area (Å²) in [6.07, 6.45) is 4.30. The molecule has 0 fully saturated rings. The van der Waals surface area contributed by atoms with Gasteiger partial charge in [0.2, 0.25) is 15.9 Å². The van der Waals surface area contributed by atoms with E-state index in [1.807, 2.05) is 37.3 Å². The fourth-order valence-corrected chi connectivity index (χ4v) is 3.00. The van der Waals surface area contributed by atoms with Crippen molar-refractivity contribution in [3.63, 3.8) is 0 Å². The number of sulfonamides is 1. The van der Waals surface area contributed by atoms with Gasteiger partial charge in [0.25, 0.3) is 0 Å². The van der Waals surface area contributed by atoms with Crippen LogP contribution in [0, 0.1) is 0 Å². The van der Waals surface area contributed by atoms with E-state index < -0.39 is 10.0 Å². The number of amides is 1. The molecule has 2 aromatic carbocycles. The van der Waals surface area contributed by atoms with Crippen LogP contribution in [0.25, 0.3) is 6.08 Å². The third-order valence-corrected chi connectivity index (χ3v) is 4.48. The number of hydrogen-bond acceptors (Lipinski definition) is 3. The molecular weight excluding hydrogens is 404 g/mol. The maximum absolute atomic E-state index is 12.1. The molecular formula is C18H19BrN2O3S. The Balaban J connectivity index is 2.01. The first kappa shape index (κ1) is 19.2. The number of hydrogen-bond donors (Lipinski definition) is 2. The van der Waals surface area contributed by atoms with Crippen LogP contribution in [0.4, 0.5) is 5.69 Å². The Morgan fingerprint density at radius 1 is 1.16 bits per heavy atom. The van der Waals surface area contributed by atoms with Crippen molar-refractivity contribution in [1.82, 2.24) is 5.32 Å². The van der Waals surface area contributed by atoms with Crippen LogP contribution in [-0.2, 0) is 14.8 Å². The van der Waals surface area contributed by atoms with Crippen molar-refractivity contribution >= 4 is 43.6 Å². The summed E-state index contributed by atoms with van der Waals surface area (Å²) in [4.78, 5) is 12.1. The van der Waals surface area contributed by atoms with Gasteiger partial charge in [-0.05, 0) is 48.4 Å². The summed E-state index contributed by atoms with van der Waals surface area (Å²) in [5, 5.41) is 2.86. The van der Waals surface area contributed by atoms with E-state index in [1.54, 1.807) is 24.3 Å². The first-order valence-corrected chi connectivity index (χ1v) is 10.2. The Morgan fingerprint density at radius 3 is 2.48 bits per heavy atom. The number of nitrogens with one attached hydrogen (secondary N) is 2. The Hall–Kier alpha value is -2.12. The maximum Gasteiger partial charge on any atom is 0.244 e. The first-order valence-electron chi connectivity index (χ1n) is 7.55. The summed E-state index contributed by atoms with van der Waals surface area (Å²) in [5.41, 5.74) is 2.19. The zero-order chi connectivity index (χ0) is 18.4. The second kappa shape index (κ2) is 8.31. The van der Waals surface area contributed by atoms with Gasteiger partial charge in [0, 0.05) is 16.2 Å². The van der Waals surface area contributed by atoms with E-state index in [-0.39, 0.29) is 11.9 Å².